The van der Waals surface area contributed by atoms with Gasteiger partial charge < -0.3 is 29.2 Å². The van der Waals surface area contributed by atoms with Crippen molar-refractivity contribution in [1.82, 2.24) is 14.5 Å². The van der Waals surface area contributed by atoms with Crippen LogP contribution >= 0.6 is 0 Å². The van der Waals surface area contributed by atoms with E-state index in [9.17, 15) is 9.59 Å². The molecule has 10 nitrogen and oxygen atoms in total. The Bertz CT molecular complexity index is 1360. The maximum absolute atomic E-state index is 12.6. The lowest BCUT2D eigenvalue weighted by Crippen LogP contribution is -2.22. The van der Waals surface area contributed by atoms with Crippen LogP contribution in [0.1, 0.15) is 19.3 Å². The SMILES string of the molecule is COc1nccc(OC2CC2)c1-c1cn(COCC[Si](C)(C)C)c2nc(NC(=O)[C@@H]3C[C@H]3C(=O)O)ccc12. The number of nitrogens with zero attached hydrogens (tertiary/aromatic N) is 3. The molecule has 0 aliphatic heterocycles. The summed E-state index contributed by atoms with van der Waals surface area (Å²) in [5.74, 6) is -0.924. The second-order valence-corrected chi connectivity index (χ2v) is 16.8. The Labute approximate surface area is 222 Å². The van der Waals surface area contributed by atoms with E-state index in [1.165, 1.54) is 0 Å². The van der Waals surface area contributed by atoms with E-state index in [4.69, 9.17) is 24.3 Å². The van der Waals surface area contributed by atoms with E-state index in [-0.39, 0.29) is 18.7 Å². The number of amides is 1. The van der Waals surface area contributed by atoms with Gasteiger partial charge in [-0.05, 0) is 43.5 Å². The van der Waals surface area contributed by atoms with Gasteiger partial charge in [-0.3, -0.25) is 9.59 Å². The number of hydrogen-bond donors (Lipinski definition) is 2. The van der Waals surface area contributed by atoms with Gasteiger partial charge in [0.25, 0.3) is 0 Å². The summed E-state index contributed by atoms with van der Waals surface area (Å²) in [5, 5.41) is 12.8. The molecule has 2 N–H and O–H groups in total. The Morgan fingerprint density at radius 3 is 2.63 bits per heavy atom. The third-order valence-corrected chi connectivity index (χ3v) is 8.51. The van der Waals surface area contributed by atoms with Crippen molar-refractivity contribution in [1.29, 1.82) is 0 Å². The Hall–Kier alpha value is -3.44. The van der Waals surface area contributed by atoms with Gasteiger partial charge in [-0.2, -0.15) is 0 Å². The lowest BCUT2D eigenvalue weighted by atomic mass is 10.1. The molecule has 38 heavy (non-hydrogen) atoms. The number of carbonyl (C=O) groups excluding carboxylic acids is 1. The Morgan fingerprint density at radius 2 is 1.97 bits per heavy atom. The molecule has 0 saturated heterocycles. The van der Waals surface area contributed by atoms with Crippen molar-refractivity contribution < 1.29 is 28.9 Å². The van der Waals surface area contributed by atoms with E-state index >= 15 is 0 Å². The van der Waals surface area contributed by atoms with Crippen LogP contribution in [0.2, 0.25) is 25.7 Å². The molecule has 2 fully saturated rings. The first kappa shape index (κ1) is 26.2. The van der Waals surface area contributed by atoms with Crippen LogP contribution in [0.25, 0.3) is 22.2 Å². The summed E-state index contributed by atoms with van der Waals surface area (Å²) in [6.07, 6.45) is 6.21. The highest BCUT2D eigenvalue weighted by atomic mass is 28.3. The summed E-state index contributed by atoms with van der Waals surface area (Å²) >= 11 is 0. The van der Waals surface area contributed by atoms with Gasteiger partial charge >= 0.3 is 5.97 Å². The number of aromatic nitrogens is 3. The van der Waals surface area contributed by atoms with Crippen LogP contribution in [0, 0.1) is 11.8 Å². The van der Waals surface area contributed by atoms with E-state index < -0.39 is 25.9 Å². The van der Waals surface area contributed by atoms with Crippen LogP contribution in [0.5, 0.6) is 11.6 Å². The van der Waals surface area contributed by atoms with Crippen molar-refractivity contribution in [2.75, 3.05) is 19.0 Å². The number of anilines is 1. The fourth-order valence-corrected chi connectivity index (χ4v) is 5.10. The molecule has 1 amide bonds. The molecule has 0 aromatic carbocycles. The maximum atomic E-state index is 12.6. The average Bonchev–Trinajstić information content (AvgIpc) is 3.79. The fraction of sp³-hybridized carbons (Fsp3) is 0.481. The topological polar surface area (TPSA) is 125 Å². The number of nitrogens with one attached hydrogen (secondary N) is 1. The number of carboxylic acid groups (broad SMARTS) is 1. The van der Waals surface area contributed by atoms with Crippen LogP contribution in [0.4, 0.5) is 5.82 Å². The molecule has 0 radical (unpaired) electrons. The van der Waals surface area contributed by atoms with Crippen LogP contribution in [0.15, 0.2) is 30.6 Å². The molecule has 0 spiro atoms. The lowest BCUT2D eigenvalue weighted by molar-refractivity contribution is -0.139. The number of carboxylic acids is 1. The quantitative estimate of drug-likeness (QED) is 0.253. The summed E-state index contributed by atoms with van der Waals surface area (Å²) in [6, 6.07) is 6.50. The molecule has 3 aromatic rings. The number of fused-ring (bicyclic) bond motifs is 1. The highest BCUT2D eigenvalue weighted by Gasteiger charge is 2.48. The van der Waals surface area contributed by atoms with Crippen LogP contribution in [-0.4, -0.2) is 59.4 Å². The molecule has 3 aromatic heterocycles. The first-order chi connectivity index (χ1) is 18.1. The van der Waals surface area contributed by atoms with Gasteiger partial charge in [0.15, 0.2) is 0 Å². The van der Waals surface area contributed by atoms with Gasteiger partial charge in [-0.15, -0.1) is 0 Å². The molecular weight excluding hydrogens is 504 g/mol. The van der Waals surface area contributed by atoms with Crippen molar-refractivity contribution in [3.05, 3.63) is 30.6 Å². The zero-order valence-electron chi connectivity index (χ0n) is 22.2. The molecule has 5 rings (SSSR count). The highest BCUT2D eigenvalue weighted by molar-refractivity contribution is 6.76. The van der Waals surface area contributed by atoms with Gasteiger partial charge in [0, 0.05) is 38.0 Å². The van der Waals surface area contributed by atoms with Crippen LogP contribution in [-0.2, 0) is 21.1 Å². The first-order valence-electron chi connectivity index (χ1n) is 13.0. The largest absolute Gasteiger partial charge is 0.490 e. The normalized spacial score (nSPS) is 18.8. The zero-order chi connectivity index (χ0) is 27.0. The highest BCUT2D eigenvalue weighted by Crippen LogP contribution is 2.43. The Morgan fingerprint density at radius 1 is 1.18 bits per heavy atom. The molecule has 202 valence electrons. The van der Waals surface area contributed by atoms with E-state index in [0.29, 0.717) is 36.1 Å². The Balaban J connectivity index is 1.49. The minimum absolute atomic E-state index is 0.191. The standard InChI is InChI=1S/C27H34N4O6Si/c1-35-26-23(21(9-10-28-26)37-16-5-6-16)20-14-31(15-36-11-12-38(2,3)4)24-17(20)7-8-22(29-24)30-25(32)18-13-19(18)27(33)34/h7-10,14,16,18-19H,5-6,11-13,15H2,1-4H3,(H,33,34)(H,29,30,32)/t18-,19-/m1/s1. The summed E-state index contributed by atoms with van der Waals surface area (Å²) in [6.45, 7) is 7.85. The van der Waals surface area contributed by atoms with Crippen molar-refractivity contribution >= 4 is 36.8 Å². The van der Waals surface area contributed by atoms with Crippen molar-refractivity contribution in [3.8, 4) is 22.8 Å². The monoisotopic (exact) mass is 538 g/mol. The predicted octanol–water partition coefficient (Wildman–Crippen LogP) is 4.62. The van der Waals surface area contributed by atoms with E-state index in [1.807, 2.05) is 22.9 Å². The van der Waals surface area contributed by atoms with Crippen molar-refractivity contribution in [3.63, 3.8) is 0 Å². The fourth-order valence-electron chi connectivity index (χ4n) is 4.34. The molecular formula is C27H34N4O6Si. The third-order valence-electron chi connectivity index (χ3n) is 6.80. The van der Waals surface area contributed by atoms with Crippen LogP contribution in [0.3, 0.4) is 0 Å². The number of hydrogen-bond acceptors (Lipinski definition) is 7. The molecule has 0 unspecified atom stereocenters. The van der Waals surface area contributed by atoms with E-state index in [2.05, 4.69) is 29.9 Å². The molecule has 3 heterocycles. The maximum Gasteiger partial charge on any atom is 0.307 e. The van der Waals surface area contributed by atoms with E-state index in [1.54, 1.807) is 19.4 Å². The first-order valence-corrected chi connectivity index (χ1v) is 16.7. The number of aliphatic carboxylic acids is 1. The predicted molar refractivity (Wildman–Crippen MR) is 145 cm³/mol. The minimum atomic E-state index is -1.25. The molecule has 11 heteroatoms. The second kappa shape index (κ2) is 10.4. The molecule has 0 bridgehead atoms. The number of rotatable bonds is 12. The van der Waals surface area contributed by atoms with Gasteiger partial charge in [0.05, 0.1) is 30.6 Å². The molecule has 2 atom stereocenters. The third kappa shape index (κ3) is 5.83. The summed E-state index contributed by atoms with van der Waals surface area (Å²) in [5.41, 5.74) is 2.21. The summed E-state index contributed by atoms with van der Waals surface area (Å²) in [7, 11) is 0.330. The van der Waals surface area contributed by atoms with Gasteiger partial charge in [0.2, 0.25) is 11.8 Å². The van der Waals surface area contributed by atoms with Crippen LogP contribution < -0.4 is 14.8 Å². The summed E-state index contributed by atoms with van der Waals surface area (Å²) in [4.78, 5) is 32.9. The van der Waals surface area contributed by atoms with E-state index in [0.717, 1.165) is 35.4 Å². The van der Waals surface area contributed by atoms with Crippen molar-refractivity contribution in [2.24, 2.45) is 11.8 Å². The molecule has 2 aliphatic carbocycles. The second-order valence-electron chi connectivity index (χ2n) is 11.2. The molecule has 2 saturated carbocycles. The molecule has 2 aliphatic rings. The Kier molecular flexibility index (Phi) is 7.15. The average molecular weight is 539 g/mol. The smallest absolute Gasteiger partial charge is 0.307 e. The number of ether oxygens (including phenoxy) is 3. The number of methoxy groups -OCH3 is 1. The zero-order valence-corrected chi connectivity index (χ0v) is 23.2. The lowest BCUT2D eigenvalue weighted by Gasteiger charge is -2.15. The number of pyridine rings is 2. The van der Waals surface area contributed by atoms with Crippen molar-refractivity contribution in [2.45, 2.75) is 57.8 Å². The minimum Gasteiger partial charge on any atom is -0.490 e. The van der Waals surface area contributed by atoms with Gasteiger partial charge in [0.1, 0.15) is 23.9 Å². The summed E-state index contributed by atoms with van der Waals surface area (Å²) < 4.78 is 19.8. The number of carbonyl (C=O) groups is 2. The van der Waals surface area contributed by atoms with Gasteiger partial charge in [-0.1, -0.05) is 19.6 Å². The van der Waals surface area contributed by atoms with Gasteiger partial charge in [-0.25, -0.2) is 9.97 Å².